The van der Waals surface area contributed by atoms with E-state index in [1.807, 2.05) is 19.9 Å². The number of aromatic nitrogens is 1. The highest BCUT2D eigenvalue weighted by molar-refractivity contribution is 5.80. The zero-order chi connectivity index (χ0) is 13.7. The van der Waals surface area contributed by atoms with Gasteiger partial charge in [-0.15, -0.1) is 0 Å². The summed E-state index contributed by atoms with van der Waals surface area (Å²) in [6, 6.07) is 1.94. The Bertz CT molecular complexity index is 430. The lowest BCUT2D eigenvalue weighted by Gasteiger charge is -2.20. The van der Waals surface area contributed by atoms with Gasteiger partial charge in [0, 0.05) is 25.7 Å². The van der Waals surface area contributed by atoms with E-state index >= 15 is 0 Å². The quantitative estimate of drug-likeness (QED) is 0.622. The molecular weight excluding hydrogens is 244 g/mol. The van der Waals surface area contributed by atoms with Crippen LogP contribution < -0.4 is 5.32 Å². The molecule has 0 aromatic carbocycles. The number of aliphatic hydroxyl groups is 1. The molecule has 1 aromatic heterocycles. The average Bonchev–Trinajstić information content (AvgIpc) is 3.03. The molecule has 2 N–H and O–H groups in total. The van der Waals surface area contributed by atoms with E-state index in [4.69, 9.17) is 4.52 Å². The standard InChI is InChI=1S/C13H22N4O2/c1-3-10-7-12(19-16-10)8-15-13(14-4-2)17-6-5-11(18)9-17/h7,11,18H,3-6,8-9H2,1-2H3,(H,14,15)/t11-/m1/s1. The van der Waals surface area contributed by atoms with Crippen LogP contribution in [0.15, 0.2) is 15.6 Å². The summed E-state index contributed by atoms with van der Waals surface area (Å²) in [6.07, 6.45) is 1.42. The molecule has 19 heavy (non-hydrogen) atoms. The molecule has 0 bridgehead atoms. The van der Waals surface area contributed by atoms with E-state index in [0.717, 1.165) is 43.3 Å². The zero-order valence-electron chi connectivity index (χ0n) is 11.6. The van der Waals surface area contributed by atoms with Crippen LogP contribution in [-0.4, -0.2) is 46.9 Å². The molecule has 106 valence electrons. The number of hydrogen-bond donors (Lipinski definition) is 2. The van der Waals surface area contributed by atoms with Crippen molar-refractivity contribution in [1.82, 2.24) is 15.4 Å². The van der Waals surface area contributed by atoms with Crippen LogP contribution in [-0.2, 0) is 13.0 Å². The van der Waals surface area contributed by atoms with Gasteiger partial charge in [-0.3, -0.25) is 0 Å². The minimum absolute atomic E-state index is 0.249. The Morgan fingerprint density at radius 3 is 3.05 bits per heavy atom. The van der Waals surface area contributed by atoms with Crippen LogP contribution in [0.5, 0.6) is 0 Å². The molecule has 0 radical (unpaired) electrons. The van der Waals surface area contributed by atoms with Crippen molar-refractivity contribution in [2.45, 2.75) is 39.3 Å². The third kappa shape index (κ3) is 3.70. The number of likely N-dealkylation sites (tertiary alicyclic amines) is 1. The molecule has 1 atom stereocenters. The Morgan fingerprint density at radius 2 is 2.47 bits per heavy atom. The number of aliphatic imine (C=N–C) groups is 1. The smallest absolute Gasteiger partial charge is 0.194 e. The van der Waals surface area contributed by atoms with Crippen LogP contribution in [0.2, 0.25) is 0 Å². The highest BCUT2D eigenvalue weighted by atomic mass is 16.5. The van der Waals surface area contributed by atoms with E-state index in [1.54, 1.807) is 0 Å². The number of guanidine groups is 1. The van der Waals surface area contributed by atoms with Crippen LogP contribution in [0.4, 0.5) is 0 Å². The normalized spacial score (nSPS) is 20.1. The van der Waals surface area contributed by atoms with Gasteiger partial charge in [-0.2, -0.15) is 0 Å². The molecule has 1 aromatic rings. The van der Waals surface area contributed by atoms with E-state index < -0.39 is 0 Å². The number of aryl methyl sites for hydroxylation is 1. The Kier molecular flexibility index (Phi) is 4.79. The molecule has 1 aliphatic heterocycles. The zero-order valence-corrected chi connectivity index (χ0v) is 11.6. The molecule has 0 amide bonds. The van der Waals surface area contributed by atoms with Crippen molar-refractivity contribution in [2.24, 2.45) is 4.99 Å². The topological polar surface area (TPSA) is 73.9 Å². The van der Waals surface area contributed by atoms with E-state index in [-0.39, 0.29) is 6.10 Å². The van der Waals surface area contributed by atoms with Crippen molar-refractivity contribution in [3.8, 4) is 0 Å². The Morgan fingerprint density at radius 1 is 1.63 bits per heavy atom. The summed E-state index contributed by atoms with van der Waals surface area (Å²) >= 11 is 0. The van der Waals surface area contributed by atoms with Crippen molar-refractivity contribution in [2.75, 3.05) is 19.6 Å². The summed E-state index contributed by atoms with van der Waals surface area (Å²) in [5.41, 5.74) is 0.951. The third-order valence-corrected chi connectivity index (χ3v) is 3.15. The first kappa shape index (κ1) is 13.9. The highest BCUT2D eigenvalue weighted by Gasteiger charge is 2.22. The predicted octanol–water partition coefficient (Wildman–Crippen LogP) is 0.769. The minimum atomic E-state index is -0.249. The second kappa shape index (κ2) is 6.56. The minimum Gasteiger partial charge on any atom is -0.391 e. The first-order valence-corrected chi connectivity index (χ1v) is 6.88. The predicted molar refractivity (Wildman–Crippen MR) is 72.9 cm³/mol. The van der Waals surface area contributed by atoms with Crippen molar-refractivity contribution in [3.05, 3.63) is 17.5 Å². The van der Waals surface area contributed by atoms with E-state index in [0.29, 0.717) is 13.1 Å². The molecule has 6 nitrogen and oxygen atoms in total. The van der Waals surface area contributed by atoms with Gasteiger partial charge in [-0.1, -0.05) is 12.1 Å². The second-order valence-corrected chi connectivity index (χ2v) is 4.70. The lowest BCUT2D eigenvalue weighted by atomic mass is 10.3. The number of nitrogens with one attached hydrogen (secondary N) is 1. The molecule has 2 rings (SSSR count). The monoisotopic (exact) mass is 266 g/mol. The fraction of sp³-hybridized carbons (Fsp3) is 0.692. The van der Waals surface area contributed by atoms with Crippen LogP contribution in [0.3, 0.4) is 0 Å². The number of aliphatic hydroxyl groups excluding tert-OH is 1. The van der Waals surface area contributed by atoms with Crippen LogP contribution in [0.25, 0.3) is 0 Å². The Hall–Kier alpha value is -1.56. The molecule has 1 saturated heterocycles. The van der Waals surface area contributed by atoms with Gasteiger partial charge in [-0.05, 0) is 19.8 Å². The van der Waals surface area contributed by atoms with Gasteiger partial charge in [0.05, 0.1) is 11.8 Å². The number of β-amino-alcohol motifs (C(OH)–C–C–N with tert-alkyl or cyclic N) is 1. The molecule has 6 heteroatoms. The van der Waals surface area contributed by atoms with Crippen molar-refractivity contribution in [1.29, 1.82) is 0 Å². The summed E-state index contributed by atoms with van der Waals surface area (Å²) in [7, 11) is 0. The lowest BCUT2D eigenvalue weighted by Crippen LogP contribution is -2.40. The van der Waals surface area contributed by atoms with Gasteiger partial charge in [0.25, 0.3) is 0 Å². The van der Waals surface area contributed by atoms with Gasteiger partial charge in [0.1, 0.15) is 6.54 Å². The molecule has 0 aliphatic carbocycles. The summed E-state index contributed by atoms with van der Waals surface area (Å²) in [5.74, 6) is 1.60. The molecule has 2 heterocycles. The molecule has 0 saturated carbocycles. The molecule has 1 aliphatic rings. The van der Waals surface area contributed by atoms with Gasteiger partial charge < -0.3 is 19.8 Å². The van der Waals surface area contributed by atoms with E-state index in [1.165, 1.54) is 0 Å². The lowest BCUT2D eigenvalue weighted by molar-refractivity contribution is 0.187. The van der Waals surface area contributed by atoms with E-state index in [2.05, 4.69) is 20.4 Å². The molecule has 0 spiro atoms. The summed E-state index contributed by atoms with van der Waals surface area (Å²) < 4.78 is 5.22. The SMILES string of the molecule is CCNC(=NCc1cc(CC)no1)N1CC[C@@H](O)C1. The fourth-order valence-electron chi connectivity index (χ4n) is 2.11. The Balaban J connectivity index is 1.99. The third-order valence-electron chi connectivity index (χ3n) is 3.15. The van der Waals surface area contributed by atoms with Gasteiger partial charge in [0.15, 0.2) is 11.7 Å². The summed E-state index contributed by atoms with van der Waals surface area (Å²) in [6.45, 7) is 6.84. The first-order chi connectivity index (χ1) is 9.22. The van der Waals surface area contributed by atoms with Gasteiger partial charge in [0.2, 0.25) is 0 Å². The fourth-order valence-corrected chi connectivity index (χ4v) is 2.11. The largest absolute Gasteiger partial charge is 0.391 e. The average molecular weight is 266 g/mol. The van der Waals surface area contributed by atoms with Crippen LogP contribution >= 0.6 is 0 Å². The highest BCUT2D eigenvalue weighted by Crippen LogP contribution is 2.10. The summed E-state index contributed by atoms with van der Waals surface area (Å²) in [4.78, 5) is 6.61. The maximum Gasteiger partial charge on any atom is 0.194 e. The summed E-state index contributed by atoms with van der Waals surface area (Å²) in [5, 5.41) is 16.8. The first-order valence-electron chi connectivity index (χ1n) is 6.88. The molecular formula is C13H22N4O2. The van der Waals surface area contributed by atoms with E-state index in [9.17, 15) is 5.11 Å². The van der Waals surface area contributed by atoms with Gasteiger partial charge in [-0.25, -0.2) is 4.99 Å². The van der Waals surface area contributed by atoms with Gasteiger partial charge >= 0.3 is 0 Å². The molecule has 0 unspecified atom stereocenters. The number of rotatable bonds is 4. The van der Waals surface area contributed by atoms with Crippen molar-refractivity contribution >= 4 is 5.96 Å². The van der Waals surface area contributed by atoms with Crippen molar-refractivity contribution < 1.29 is 9.63 Å². The molecule has 1 fully saturated rings. The van der Waals surface area contributed by atoms with Crippen LogP contribution in [0, 0.1) is 0 Å². The van der Waals surface area contributed by atoms with Crippen LogP contribution in [0.1, 0.15) is 31.7 Å². The maximum absolute atomic E-state index is 9.58. The van der Waals surface area contributed by atoms with Crippen molar-refractivity contribution in [3.63, 3.8) is 0 Å². The second-order valence-electron chi connectivity index (χ2n) is 4.70. The number of hydrogen-bond acceptors (Lipinski definition) is 4. The Labute approximate surface area is 113 Å². The maximum atomic E-state index is 9.58. The number of nitrogens with zero attached hydrogens (tertiary/aromatic N) is 3.